The van der Waals surface area contributed by atoms with Crippen molar-refractivity contribution >= 4 is 35.3 Å². The highest BCUT2D eigenvalue weighted by Gasteiger charge is 2.51. The molecule has 192 valence electrons. The number of aromatic nitrogens is 1. The van der Waals surface area contributed by atoms with Gasteiger partial charge in [-0.25, -0.2) is 9.36 Å². The molecule has 1 fully saturated rings. The largest absolute Gasteiger partial charge is 0.494 e. The molecule has 1 aromatic heterocycles. The molecular formula is C29H39BN2O4. The highest BCUT2D eigenvalue weighted by Crippen LogP contribution is 2.36. The molecule has 7 heteroatoms. The second kappa shape index (κ2) is 9.27. The smallest absolute Gasteiger partial charge is 0.443 e. The molecule has 0 bridgehead atoms. The van der Waals surface area contributed by atoms with E-state index in [0.29, 0.717) is 6.42 Å². The number of carbonyl (C=O) groups is 1. The van der Waals surface area contributed by atoms with Gasteiger partial charge >= 0.3 is 13.2 Å². The van der Waals surface area contributed by atoms with Crippen molar-refractivity contribution in [3.63, 3.8) is 0 Å². The molecule has 1 saturated heterocycles. The Morgan fingerprint density at radius 3 is 2.25 bits per heavy atom. The van der Waals surface area contributed by atoms with Crippen LogP contribution < -0.4 is 10.4 Å². The Hall–Kier alpha value is -2.77. The number of hydrogen-bond acceptors (Lipinski definition) is 5. The molecule has 0 atom stereocenters. The van der Waals surface area contributed by atoms with Gasteiger partial charge in [-0.1, -0.05) is 24.3 Å². The second-order valence-corrected chi connectivity index (χ2v) is 11.9. The highest BCUT2D eigenvalue weighted by molar-refractivity contribution is 6.62. The first-order chi connectivity index (χ1) is 16.7. The number of rotatable bonds is 5. The van der Waals surface area contributed by atoms with Gasteiger partial charge in [-0.15, -0.1) is 0 Å². The Kier molecular flexibility index (Phi) is 6.78. The highest BCUT2D eigenvalue weighted by atomic mass is 16.7. The maximum absolute atomic E-state index is 13.3. The first-order valence-electron chi connectivity index (χ1n) is 12.7. The molecule has 2 aromatic carbocycles. The summed E-state index contributed by atoms with van der Waals surface area (Å²) < 4.78 is 20.0. The van der Waals surface area contributed by atoms with Gasteiger partial charge in [-0.3, -0.25) is 0 Å². The zero-order chi connectivity index (χ0) is 26.5. The zero-order valence-electron chi connectivity index (χ0n) is 23.1. The third kappa shape index (κ3) is 5.32. The molecule has 36 heavy (non-hydrogen) atoms. The van der Waals surface area contributed by atoms with Gasteiger partial charge in [0.2, 0.25) is 0 Å². The topological polar surface area (TPSA) is 52.9 Å². The van der Waals surface area contributed by atoms with Gasteiger partial charge in [0.25, 0.3) is 0 Å². The standard InChI is InChI=1S/C29H39BN2O4/c1-27(2,3)34-26(33)32-24(15-13-20-11-10-12-23(17-20)31(8)9)19-21-18-22(14-16-25(21)32)30-35-28(4,5)29(6,7)36-30/h10-12,14,16-19H,13,15H2,1-9H3. The van der Waals surface area contributed by atoms with Gasteiger partial charge in [0.15, 0.2) is 0 Å². The Bertz CT molecular complexity index is 1250. The fourth-order valence-electron chi connectivity index (χ4n) is 4.39. The lowest BCUT2D eigenvalue weighted by Gasteiger charge is -2.32. The molecule has 1 aliphatic rings. The number of fused-ring (bicyclic) bond motifs is 1. The van der Waals surface area contributed by atoms with E-state index in [9.17, 15) is 4.79 Å². The van der Waals surface area contributed by atoms with E-state index in [0.717, 1.165) is 34.2 Å². The molecule has 0 unspecified atom stereocenters. The third-order valence-electron chi connectivity index (χ3n) is 7.10. The van der Waals surface area contributed by atoms with Crippen LogP contribution in [0.2, 0.25) is 0 Å². The summed E-state index contributed by atoms with van der Waals surface area (Å²) in [5.74, 6) is 0. The van der Waals surface area contributed by atoms with E-state index < -0.39 is 23.9 Å². The summed E-state index contributed by atoms with van der Waals surface area (Å²) in [6, 6.07) is 16.6. The Balaban J connectivity index is 1.69. The number of hydrogen-bond donors (Lipinski definition) is 0. The molecule has 0 amide bonds. The van der Waals surface area contributed by atoms with Crippen molar-refractivity contribution in [3.05, 3.63) is 59.8 Å². The van der Waals surface area contributed by atoms with Crippen molar-refractivity contribution in [2.75, 3.05) is 19.0 Å². The van der Waals surface area contributed by atoms with E-state index in [1.54, 1.807) is 4.57 Å². The van der Waals surface area contributed by atoms with Gasteiger partial charge in [0, 0.05) is 30.9 Å². The summed E-state index contributed by atoms with van der Waals surface area (Å²) in [5, 5.41) is 0.963. The van der Waals surface area contributed by atoms with E-state index in [1.165, 1.54) is 5.56 Å². The number of anilines is 1. The Labute approximate surface area is 215 Å². The van der Waals surface area contributed by atoms with E-state index >= 15 is 0 Å². The lowest BCUT2D eigenvalue weighted by Crippen LogP contribution is -2.41. The minimum atomic E-state index is -0.590. The van der Waals surface area contributed by atoms with Crippen molar-refractivity contribution in [2.24, 2.45) is 0 Å². The quantitative estimate of drug-likeness (QED) is 0.438. The molecule has 6 nitrogen and oxygen atoms in total. The average molecular weight is 490 g/mol. The molecule has 3 aromatic rings. The molecule has 0 saturated carbocycles. The molecule has 0 radical (unpaired) electrons. The fourth-order valence-corrected chi connectivity index (χ4v) is 4.39. The normalized spacial score (nSPS) is 17.0. The molecule has 4 rings (SSSR count). The third-order valence-corrected chi connectivity index (χ3v) is 7.10. The van der Waals surface area contributed by atoms with Gasteiger partial charge < -0.3 is 18.9 Å². The number of carbonyl (C=O) groups excluding carboxylic acids is 1. The molecule has 1 aliphatic heterocycles. The minimum absolute atomic E-state index is 0.363. The van der Waals surface area contributed by atoms with Crippen LogP contribution in [0.3, 0.4) is 0 Å². The van der Waals surface area contributed by atoms with Crippen molar-refractivity contribution in [1.29, 1.82) is 0 Å². The first kappa shape index (κ1) is 26.3. The summed E-state index contributed by atoms with van der Waals surface area (Å²) in [4.78, 5) is 15.4. The molecule has 0 N–H and O–H groups in total. The van der Waals surface area contributed by atoms with Crippen LogP contribution in [0.1, 0.15) is 59.7 Å². The maximum Gasteiger partial charge on any atom is 0.494 e. The summed E-state index contributed by atoms with van der Waals surface area (Å²) in [6.45, 7) is 13.9. The van der Waals surface area contributed by atoms with Gasteiger partial charge in [0.1, 0.15) is 5.60 Å². The van der Waals surface area contributed by atoms with E-state index in [4.69, 9.17) is 14.0 Å². The zero-order valence-corrected chi connectivity index (χ0v) is 23.1. The predicted molar refractivity (Wildman–Crippen MR) is 147 cm³/mol. The lowest BCUT2D eigenvalue weighted by molar-refractivity contribution is 0.00578. The van der Waals surface area contributed by atoms with Gasteiger partial charge in [-0.2, -0.15) is 0 Å². The number of benzene rings is 2. The van der Waals surface area contributed by atoms with Crippen molar-refractivity contribution in [2.45, 2.75) is 78.1 Å². The van der Waals surface area contributed by atoms with Gasteiger partial charge in [0.05, 0.1) is 16.7 Å². The summed E-state index contributed by atoms with van der Waals surface area (Å²) in [7, 11) is 3.62. The second-order valence-electron chi connectivity index (χ2n) is 11.9. The summed E-state index contributed by atoms with van der Waals surface area (Å²) >= 11 is 0. The van der Waals surface area contributed by atoms with Crippen LogP contribution >= 0.6 is 0 Å². The minimum Gasteiger partial charge on any atom is -0.443 e. The van der Waals surface area contributed by atoms with Gasteiger partial charge in [-0.05, 0) is 96.6 Å². The van der Waals surface area contributed by atoms with Crippen molar-refractivity contribution in [3.8, 4) is 0 Å². The molecular weight excluding hydrogens is 451 g/mol. The van der Waals surface area contributed by atoms with Crippen LogP contribution in [-0.4, -0.2) is 48.7 Å². The Morgan fingerprint density at radius 2 is 1.64 bits per heavy atom. The number of aryl methyl sites for hydroxylation is 2. The van der Waals surface area contributed by atoms with Crippen LogP contribution in [0, 0.1) is 0 Å². The predicted octanol–water partition coefficient (Wildman–Crippen LogP) is 5.57. The average Bonchev–Trinajstić information content (AvgIpc) is 3.23. The van der Waals surface area contributed by atoms with Crippen LogP contribution in [0.15, 0.2) is 48.5 Å². The molecule has 0 spiro atoms. The van der Waals surface area contributed by atoms with Crippen molar-refractivity contribution in [1.82, 2.24) is 4.57 Å². The maximum atomic E-state index is 13.3. The van der Waals surface area contributed by atoms with E-state index in [2.05, 4.69) is 41.3 Å². The van der Waals surface area contributed by atoms with E-state index in [1.807, 2.05) is 74.7 Å². The number of nitrogens with zero attached hydrogens (tertiary/aromatic N) is 2. The molecule has 2 heterocycles. The Morgan fingerprint density at radius 1 is 0.972 bits per heavy atom. The van der Waals surface area contributed by atoms with Crippen LogP contribution in [0.4, 0.5) is 10.5 Å². The van der Waals surface area contributed by atoms with Crippen LogP contribution in [0.25, 0.3) is 10.9 Å². The number of ether oxygens (including phenoxy) is 1. The monoisotopic (exact) mass is 490 g/mol. The summed E-state index contributed by atoms with van der Waals surface area (Å²) in [5.41, 5.74) is 3.64. The molecule has 0 aliphatic carbocycles. The summed E-state index contributed by atoms with van der Waals surface area (Å²) in [6.07, 6.45) is 1.15. The lowest BCUT2D eigenvalue weighted by atomic mass is 9.78. The van der Waals surface area contributed by atoms with Crippen LogP contribution in [-0.2, 0) is 26.9 Å². The van der Waals surface area contributed by atoms with Crippen LogP contribution in [0.5, 0.6) is 0 Å². The fraction of sp³-hybridized carbons (Fsp3) is 0.483. The SMILES string of the molecule is CN(C)c1cccc(CCc2cc3cc(B4OC(C)(C)C(C)(C)O4)ccc3n2C(=O)OC(C)(C)C)c1. The van der Waals surface area contributed by atoms with E-state index in [-0.39, 0.29) is 6.09 Å². The van der Waals surface area contributed by atoms with Crippen molar-refractivity contribution < 1.29 is 18.8 Å². The first-order valence-corrected chi connectivity index (χ1v) is 12.7.